The van der Waals surface area contributed by atoms with Gasteiger partial charge >= 0.3 is 6.09 Å². The summed E-state index contributed by atoms with van der Waals surface area (Å²) >= 11 is 0. The molecule has 2 heterocycles. The lowest BCUT2D eigenvalue weighted by Gasteiger charge is -2.31. The highest BCUT2D eigenvalue weighted by molar-refractivity contribution is 5.74. The number of amides is 1. The number of aromatic nitrogens is 1. The van der Waals surface area contributed by atoms with Crippen molar-refractivity contribution < 1.29 is 19.1 Å². The summed E-state index contributed by atoms with van der Waals surface area (Å²) in [4.78, 5) is 16.8. The molecule has 0 unspecified atom stereocenters. The molecular formula is C16H21N3O4. The molecule has 124 valence electrons. The van der Waals surface area contributed by atoms with Crippen molar-refractivity contribution in [2.24, 2.45) is 0 Å². The molecule has 0 aliphatic carbocycles. The molecule has 0 saturated carbocycles. The molecule has 2 aromatic rings. The average molecular weight is 319 g/mol. The number of fused-ring (bicyclic) bond motifs is 1. The summed E-state index contributed by atoms with van der Waals surface area (Å²) in [5.41, 5.74) is 1.56. The number of nitrogens with zero attached hydrogens (tertiary/aromatic N) is 2. The Kier molecular flexibility index (Phi) is 4.66. The van der Waals surface area contributed by atoms with Gasteiger partial charge in [-0.25, -0.2) is 9.78 Å². The van der Waals surface area contributed by atoms with Crippen LogP contribution in [0.5, 0.6) is 5.75 Å². The number of hydrogen-bond donors (Lipinski definition) is 2. The van der Waals surface area contributed by atoms with Crippen LogP contribution in [0.1, 0.15) is 19.2 Å². The van der Waals surface area contributed by atoms with E-state index in [2.05, 4.69) is 10.3 Å². The number of ether oxygens (including phenoxy) is 1. The lowest BCUT2D eigenvalue weighted by molar-refractivity contribution is 0.124. The van der Waals surface area contributed by atoms with E-state index in [0.29, 0.717) is 26.2 Å². The Hall–Kier alpha value is -2.28. The smallest absolute Gasteiger partial charge is 0.407 e. The first-order chi connectivity index (χ1) is 11.2. The quantitative estimate of drug-likeness (QED) is 0.877. The van der Waals surface area contributed by atoms with Crippen molar-refractivity contribution in [3.63, 3.8) is 0 Å². The zero-order valence-electron chi connectivity index (χ0n) is 13.1. The molecule has 2 N–H and O–H groups in total. The summed E-state index contributed by atoms with van der Waals surface area (Å²) in [6, 6.07) is 5.73. The summed E-state index contributed by atoms with van der Waals surface area (Å²) in [5.74, 6) is 1.47. The number of oxazole rings is 1. The molecule has 1 aliphatic rings. The lowest BCUT2D eigenvalue weighted by Crippen LogP contribution is -2.52. The van der Waals surface area contributed by atoms with E-state index in [9.17, 15) is 4.79 Å². The SMILES string of the molecule is CCc1nc2cc(OCC[C@@H]3CN(C(=O)O)CCN3)ccc2o1. The third kappa shape index (κ3) is 3.73. The van der Waals surface area contributed by atoms with Crippen LogP contribution in [0.25, 0.3) is 11.1 Å². The summed E-state index contributed by atoms with van der Waals surface area (Å²) in [7, 11) is 0. The predicted molar refractivity (Wildman–Crippen MR) is 84.9 cm³/mol. The van der Waals surface area contributed by atoms with Crippen LogP contribution in [-0.4, -0.2) is 53.4 Å². The van der Waals surface area contributed by atoms with Gasteiger partial charge in [-0.15, -0.1) is 0 Å². The van der Waals surface area contributed by atoms with Crippen molar-refractivity contribution in [3.05, 3.63) is 24.1 Å². The third-order valence-electron chi connectivity index (χ3n) is 3.97. The van der Waals surface area contributed by atoms with Gasteiger partial charge in [0.05, 0.1) is 6.61 Å². The van der Waals surface area contributed by atoms with Crippen molar-refractivity contribution in [1.82, 2.24) is 15.2 Å². The molecule has 1 aliphatic heterocycles. The Morgan fingerprint density at radius 3 is 3.22 bits per heavy atom. The van der Waals surface area contributed by atoms with Crippen LogP contribution in [0, 0.1) is 0 Å². The molecule has 1 aromatic heterocycles. The van der Waals surface area contributed by atoms with Crippen molar-refractivity contribution in [3.8, 4) is 5.75 Å². The topological polar surface area (TPSA) is 87.8 Å². The molecule has 1 fully saturated rings. The van der Waals surface area contributed by atoms with E-state index in [4.69, 9.17) is 14.3 Å². The first-order valence-corrected chi connectivity index (χ1v) is 7.89. The first-order valence-electron chi connectivity index (χ1n) is 7.89. The Morgan fingerprint density at radius 1 is 1.57 bits per heavy atom. The molecule has 23 heavy (non-hydrogen) atoms. The molecule has 3 rings (SSSR count). The van der Waals surface area contributed by atoms with Crippen LogP contribution in [0.15, 0.2) is 22.6 Å². The molecule has 7 heteroatoms. The van der Waals surface area contributed by atoms with Crippen LogP contribution in [0.2, 0.25) is 0 Å². The second kappa shape index (κ2) is 6.87. The second-order valence-corrected chi connectivity index (χ2v) is 5.61. The minimum atomic E-state index is -0.861. The summed E-state index contributed by atoms with van der Waals surface area (Å²) in [5, 5.41) is 12.4. The number of carbonyl (C=O) groups is 1. The van der Waals surface area contributed by atoms with E-state index in [1.165, 1.54) is 4.90 Å². The highest BCUT2D eigenvalue weighted by atomic mass is 16.5. The van der Waals surface area contributed by atoms with Gasteiger partial charge in [-0.3, -0.25) is 0 Å². The zero-order valence-corrected chi connectivity index (χ0v) is 13.1. The third-order valence-corrected chi connectivity index (χ3v) is 3.97. The fourth-order valence-corrected chi connectivity index (χ4v) is 2.71. The number of hydrogen-bond acceptors (Lipinski definition) is 5. The minimum Gasteiger partial charge on any atom is -0.493 e. The van der Waals surface area contributed by atoms with E-state index in [0.717, 1.165) is 35.6 Å². The van der Waals surface area contributed by atoms with E-state index in [1.54, 1.807) is 0 Å². The maximum Gasteiger partial charge on any atom is 0.407 e. The van der Waals surface area contributed by atoms with E-state index in [-0.39, 0.29) is 6.04 Å². The van der Waals surface area contributed by atoms with Gasteiger partial charge in [0.15, 0.2) is 11.5 Å². The molecule has 0 bridgehead atoms. The van der Waals surface area contributed by atoms with Gasteiger partial charge in [-0.2, -0.15) is 0 Å². The summed E-state index contributed by atoms with van der Waals surface area (Å²) in [6.07, 6.45) is 0.653. The van der Waals surface area contributed by atoms with Crippen molar-refractivity contribution in [2.75, 3.05) is 26.2 Å². The van der Waals surface area contributed by atoms with Crippen LogP contribution < -0.4 is 10.1 Å². The molecule has 0 spiro atoms. The van der Waals surface area contributed by atoms with Crippen LogP contribution in [0.3, 0.4) is 0 Å². The van der Waals surface area contributed by atoms with Gasteiger partial charge in [0, 0.05) is 38.2 Å². The van der Waals surface area contributed by atoms with Gasteiger partial charge in [0.1, 0.15) is 11.3 Å². The standard InChI is InChI=1S/C16H21N3O4/c1-2-15-18-13-9-12(3-4-14(13)23-15)22-8-5-11-10-19(16(20)21)7-6-17-11/h3-4,9,11,17H,2,5-8,10H2,1H3,(H,20,21)/t11-/m1/s1. The fraction of sp³-hybridized carbons (Fsp3) is 0.500. The van der Waals surface area contributed by atoms with Gasteiger partial charge < -0.3 is 24.5 Å². The van der Waals surface area contributed by atoms with E-state index in [1.807, 2.05) is 25.1 Å². The van der Waals surface area contributed by atoms with Crippen LogP contribution in [0.4, 0.5) is 4.79 Å². The zero-order chi connectivity index (χ0) is 16.2. The number of nitrogens with one attached hydrogen (secondary N) is 1. The van der Waals surface area contributed by atoms with Crippen LogP contribution >= 0.6 is 0 Å². The minimum absolute atomic E-state index is 0.127. The molecular weight excluding hydrogens is 298 g/mol. The maximum absolute atomic E-state index is 11.0. The molecule has 1 atom stereocenters. The largest absolute Gasteiger partial charge is 0.493 e. The van der Waals surface area contributed by atoms with Gasteiger partial charge in [0.25, 0.3) is 0 Å². The first kappa shape index (κ1) is 15.6. The maximum atomic E-state index is 11.0. The average Bonchev–Trinajstić information content (AvgIpc) is 2.97. The Labute approximate surface area is 134 Å². The number of aryl methyl sites for hydroxylation is 1. The Morgan fingerprint density at radius 2 is 2.43 bits per heavy atom. The Balaban J connectivity index is 1.53. The van der Waals surface area contributed by atoms with E-state index < -0.39 is 6.09 Å². The number of rotatable bonds is 5. The predicted octanol–water partition coefficient (Wildman–Crippen LogP) is 2.11. The molecule has 7 nitrogen and oxygen atoms in total. The highest BCUT2D eigenvalue weighted by Gasteiger charge is 2.22. The second-order valence-electron chi connectivity index (χ2n) is 5.61. The van der Waals surface area contributed by atoms with E-state index >= 15 is 0 Å². The summed E-state index contributed by atoms with van der Waals surface area (Å²) in [6.45, 7) is 4.24. The number of piperazine rings is 1. The van der Waals surface area contributed by atoms with Gasteiger partial charge in [-0.05, 0) is 18.6 Å². The van der Waals surface area contributed by atoms with Crippen molar-refractivity contribution in [2.45, 2.75) is 25.8 Å². The number of carboxylic acid groups (broad SMARTS) is 1. The van der Waals surface area contributed by atoms with Gasteiger partial charge in [0.2, 0.25) is 0 Å². The van der Waals surface area contributed by atoms with Crippen molar-refractivity contribution in [1.29, 1.82) is 0 Å². The molecule has 1 saturated heterocycles. The normalized spacial score (nSPS) is 18.3. The number of benzene rings is 1. The molecule has 1 amide bonds. The Bertz CT molecular complexity index is 685. The highest BCUT2D eigenvalue weighted by Crippen LogP contribution is 2.22. The molecule has 0 radical (unpaired) electrons. The monoisotopic (exact) mass is 319 g/mol. The van der Waals surface area contributed by atoms with Gasteiger partial charge in [-0.1, -0.05) is 6.92 Å². The van der Waals surface area contributed by atoms with Crippen LogP contribution in [-0.2, 0) is 6.42 Å². The fourth-order valence-electron chi connectivity index (χ4n) is 2.71. The lowest BCUT2D eigenvalue weighted by atomic mass is 10.1. The van der Waals surface area contributed by atoms with Crippen molar-refractivity contribution >= 4 is 17.2 Å². The molecule has 1 aromatic carbocycles. The summed E-state index contributed by atoms with van der Waals surface area (Å²) < 4.78 is 11.3.